The van der Waals surface area contributed by atoms with Crippen LogP contribution >= 0.6 is 0 Å². The van der Waals surface area contributed by atoms with Crippen molar-refractivity contribution in [1.82, 2.24) is 19.7 Å². The van der Waals surface area contributed by atoms with E-state index in [2.05, 4.69) is 15.1 Å². The van der Waals surface area contributed by atoms with Crippen LogP contribution in [0.2, 0.25) is 0 Å². The van der Waals surface area contributed by atoms with Gasteiger partial charge in [-0.15, -0.1) is 5.10 Å². The number of rotatable bonds is 2. The molecule has 7 heteroatoms. The number of aromatic nitrogens is 4. The summed E-state index contributed by atoms with van der Waals surface area (Å²) in [5.41, 5.74) is 2.48. The van der Waals surface area contributed by atoms with Crippen LogP contribution in [0.3, 0.4) is 0 Å². The zero-order valence-corrected chi connectivity index (χ0v) is 10.5. The highest BCUT2D eigenvalue weighted by Gasteiger charge is 2.20. The van der Waals surface area contributed by atoms with Gasteiger partial charge >= 0.3 is 6.01 Å². The predicted octanol–water partition coefficient (Wildman–Crippen LogP) is 0.492. The van der Waals surface area contributed by atoms with Crippen LogP contribution in [0.15, 0.2) is 12.4 Å². The zero-order valence-electron chi connectivity index (χ0n) is 10.5. The molecule has 1 N–H and O–H groups in total. The highest BCUT2D eigenvalue weighted by Crippen LogP contribution is 2.26. The quantitative estimate of drug-likeness (QED) is 0.848. The largest absolute Gasteiger partial charge is 0.492 e. The number of hydrogen-bond acceptors (Lipinski definition) is 6. The minimum atomic E-state index is 0.0521. The van der Waals surface area contributed by atoms with E-state index in [0.717, 1.165) is 11.3 Å². The summed E-state index contributed by atoms with van der Waals surface area (Å²) in [7, 11) is 1.51. The van der Waals surface area contributed by atoms with Gasteiger partial charge in [0.05, 0.1) is 38.4 Å². The number of aromatic hydroxyl groups is 1. The molecule has 3 rings (SSSR count). The van der Waals surface area contributed by atoms with Gasteiger partial charge in [-0.25, -0.2) is 14.6 Å². The van der Waals surface area contributed by atoms with E-state index in [0.29, 0.717) is 37.8 Å². The maximum atomic E-state index is 9.91. The standard InChI is InChI=1S/C12H14N4O3/c1-18-12-13-6-8(7-14-12)16-10-3-5-19-4-2-9(10)11(17)15-16/h6-7H,2-5H2,1H3,(H,15,17). The van der Waals surface area contributed by atoms with Crippen LogP contribution in [-0.4, -0.2) is 45.2 Å². The first-order valence-electron chi connectivity index (χ1n) is 6.03. The number of methoxy groups -OCH3 is 1. The van der Waals surface area contributed by atoms with Gasteiger partial charge in [0, 0.05) is 18.4 Å². The molecular formula is C12H14N4O3. The second-order valence-corrected chi connectivity index (χ2v) is 4.20. The Bertz CT molecular complexity index is 579. The lowest BCUT2D eigenvalue weighted by Crippen LogP contribution is -2.06. The van der Waals surface area contributed by atoms with Gasteiger partial charge in [-0.2, -0.15) is 0 Å². The van der Waals surface area contributed by atoms with Gasteiger partial charge in [0.1, 0.15) is 5.69 Å². The summed E-state index contributed by atoms with van der Waals surface area (Å²) >= 11 is 0. The molecule has 0 radical (unpaired) electrons. The van der Waals surface area contributed by atoms with Crippen LogP contribution in [0.1, 0.15) is 11.3 Å². The molecule has 7 nitrogen and oxygen atoms in total. The molecule has 0 atom stereocenters. The molecule has 0 unspecified atom stereocenters. The Labute approximate surface area is 109 Å². The molecule has 0 saturated heterocycles. The monoisotopic (exact) mass is 262 g/mol. The van der Waals surface area contributed by atoms with E-state index < -0.39 is 0 Å². The molecule has 0 saturated carbocycles. The highest BCUT2D eigenvalue weighted by atomic mass is 16.5. The zero-order chi connectivity index (χ0) is 13.2. The van der Waals surface area contributed by atoms with Crippen LogP contribution in [0.25, 0.3) is 5.69 Å². The lowest BCUT2D eigenvalue weighted by molar-refractivity contribution is 0.145. The third-order valence-corrected chi connectivity index (χ3v) is 3.09. The third-order valence-electron chi connectivity index (χ3n) is 3.09. The van der Waals surface area contributed by atoms with E-state index in [4.69, 9.17) is 9.47 Å². The van der Waals surface area contributed by atoms with Gasteiger partial charge in [0.15, 0.2) is 0 Å². The third kappa shape index (κ3) is 2.12. The predicted molar refractivity (Wildman–Crippen MR) is 65.6 cm³/mol. The SMILES string of the molecule is COc1ncc(-n2nc(O)c3c2CCOCC3)cn1. The first-order chi connectivity index (χ1) is 9.29. The Balaban J connectivity index is 2.04. The minimum absolute atomic E-state index is 0.0521. The fraction of sp³-hybridized carbons (Fsp3) is 0.417. The topological polar surface area (TPSA) is 82.3 Å². The van der Waals surface area contributed by atoms with Crippen LogP contribution in [-0.2, 0) is 17.6 Å². The van der Waals surface area contributed by atoms with Crippen molar-refractivity contribution in [3.8, 4) is 17.6 Å². The van der Waals surface area contributed by atoms with Gasteiger partial charge in [-0.05, 0) is 0 Å². The van der Waals surface area contributed by atoms with Crippen LogP contribution in [0.5, 0.6) is 11.9 Å². The first kappa shape index (κ1) is 11.9. The Kier molecular flexibility index (Phi) is 3.04. The van der Waals surface area contributed by atoms with Crippen LogP contribution < -0.4 is 4.74 Å². The first-order valence-corrected chi connectivity index (χ1v) is 6.03. The second-order valence-electron chi connectivity index (χ2n) is 4.20. The molecule has 0 fully saturated rings. The molecule has 100 valence electrons. The summed E-state index contributed by atoms with van der Waals surface area (Å²) in [6.45, 7) is 1.22. The van der Waals surface area contributed by atoms with E-state index in [1.54, 1.807) is 17.1 Å². The van der Waals surface area contributed by atoms with Gasteiger partial charge in [0.2, 0.25) is 5.88 Å². The van der Waals surface area contributed by atoms with Crippen molar-refractivity contribution in [3.05, 3.63) is 23.7 Å². The smallest absolute Gasteiger partial charge is 0.316 e. The molecule has 19 heavy (non-hydrogen) atoms. The van der Waals surface area contributed by atoms with Gasteiger partial charge in [-0.3, -0.25) is 0 Å². The number of fused-ring (bicyclic) bond motifs is 1. The summed E-state index contributed by atoms with van der Waals surface area (Å²) in [5, 5.41) is 14.1. The molecule has 0 aliphatic carbocycles. The van der Waals surface area contributed by atoms with Gasteiger partial charge < -0.3 is 14.6 Å². The van der Waals surface area contributed by atoms with E-state index in [1.807, 2.05) is 0 Å². The normalized spacial score (nSPS) is 14.8. The summed E-state index contributed by atoms with van der Waals surface area (Å²) in [5.74, 6) is 0.0521. The van der Waals surface area contributed by atoms with E-state index in [-0.39, 0.29) is 5.88 Å². The average molecular weight is 262 g/mol. The summed E-state index contributed by atoms with van der Waals surface area (Å²) in [6, 6.07) is 0.301. The van der Waals surface area contributed by atoms with Crippen molar-refractivity contribution >= 4 is 0 Å². The van der Waals surface area contributed by atoms with Crippen LogP contribution in [0.4, 0.5) is 0 Å². The fourth-order valence-electron chi connectivity index (χ4n) is 2.17. The Hall–Kier alpha value is -2.15. The Morgan fingerprint density at radius 3 is 2.74 bits per heavy atom. The molecule has 0 aromatic carbocycles. The summed E-state index contributed by atoms with van der Waals surface area (Å²) < 4.78 is 12.0. The molecule has 2 aromatic heterocycles. The molecule has 0 spiro atoms. The summed E-state index contributed by atoms with van der Waals surface area (Å²) in [6.07, 6.45) is 4.60. The van der Waals surface area contributed by atoms with Crippen molar-refractivity contribution < 1.29 is 14.6 Å². The molecule has 1 aliphatic heterocycles. The van der Waals surface area contributed by atoms with Crippen molar-refractivity contribution in [2.75, 3.05) is 20.3 Å². The van der Waals surface area contributed by atoms with Gasteiger partial charge in [-0.1, -0.05) is 0 Å². The maximum absolute atomic E-state index is 9.91. The van der Waals surface area contributed by atoms with E-state index in [9.17, 15) is 5.11 Å². The number of nitrogens with zero attached hydrogens (tertiary/aromatic N) is 4. The minimum Gasteiger partial charge on any atom is -0.492 e. The molecule has 0 bridgehead atoms. The van der Waals surface area contributed by atoms with Crippen molar-refractivity contribution in [3.63, 3.8) is 0 Å². The second kappa shape index (κ2) is 4.85. The molecule has 2 aromatic rings. The average Bonchev–Trinajstić information content (AvgIpc) is 2.65. The van der Waals surface area contributed by atoms with Crippen molar-refractivity contribution in [2.24, 2.45) is 0 Å². The Morgan fingerprint density at radius 2 is 2.00 bits per heavy atom. The Morgan fingerprint density at radius 1 is 1.26 bits per heavy atom. The van der Waals surface area contributed by atoms with E-state index in [1.165, 1.54) is 7.11 Å². The fourth-order valence-corrected chi connectivity index (χ4v) is 2.17. The maximum Gasteiger partial charge on any atom is 0.316 e. The number of ether oxygens (including phenoxy) is 2. The molecule has 0 amide bonds. The number of hydrogen-bond donors (Lipinski definition) is 1. The van der Waals surface area contributed by atoms with Gasteiger partial charge in [0.25, 0.3) is 0 Å². The van der Waals surface area contributed by atoms with Crippen molar-refractivity contribution in [2.45, 2.75) is 12.8 Å². The highest BCUT2D eigenvalue weighted by molar-refractivity contribution is 5.38. The molecular weight excluding hydrogens is 248 g/mol. The molecule has 1 aliphatic rings. The lowest BCUT2D eigenvalue weighted by Gasteiger charge is -2.06. The summed E-state index contributed by atoms with van der Waals surface area (Å²) in [4.78, 5) is 8.10. The van der Waals surface area contributed by atoms with Crippen LogP contribution in [0, 0.1) is 0 Å². The lowest BCUT2D eigenvalue weighted by atomic mass is 10.1. The molecule has 3 heterocycles. The van der Waals surface area contributed by atoms with Crippen molar-refractivity contribution in [1.29, 1.82) is 0 Å². The van der Waals surface area contributed by atoms with E-state index >= 15 is 0 Å².